The molecule has 5 nitrogen and oxygen atoms in total. The maximum absolute atomic E-state index is 13.5. The number of methoxy groups -OCH3 is 1. The van der Waals surface area contributed by atoms with E-state index >= 15 is 0 Å². The lowest BCUT2D eigenvalue weighted by Gasteiger charge is -2.31. The number of hydrogen-bond acceptors (Lipinski definition) is 4. The van der Waals surface area contributed by atoms with Gasteiger partial charge in [0.05, 0.1) is 13.7 Å². The Labute approximate surface area is 152 Å². The number of fused-ring (bicyclic) bond motifs is 1. The smallest absolute Gasteiger partial charge is 0.423 e. The molecule has 8 heteroatoms. The first-order valence-corrected chi connectivity index (χ1v) is 7.95. The summed E-state index contributed by atoms with van der Waals surface area (Å²) >= 11 is 0. The maximum Gasteiger partial charge on any atom is 0.423 e. The van der Waals surface area contributed by atoms with Gasteiger partial charge in [0.2, 0.25) is 5.60 Å². The fourth-order valence-corrected chi connectivity index (χ4v) is 2.68. The average Bonchev–Trinajstić information content (AvgIpc) is 3.10. The number of amides is 1. The lowest BCUT2D eigenvalue weighted by Crippen LogP contribution is -2.51. The second-order valence-corrected chi connectivity index (χ2v) is 5.90. The molecule has 142 valence electrons. The van der Waals surface area contributed by atoms with E-state index in [9.17, 15) is 23.1 Å². The molecule has 0 spiro atoms. The number of aliphatic hydroxyl groups is 1. The average molecular weight is 379 g/mol. The number of halogens is 3. The fraction of sp³-hybridized carbons (Fsp3) is 0.211. The number of carbonyl (C=O) groups is 1. The van der Waals surface area contributed by atoms with Crippen LogP contribution in [0.15, 0.2) is 59.0 Å². The van der Waals surface area contributed by atoms with Gasteiger partial charge in [-0.1, -0.05) is 42.5 Å². The molecule has 1 atom stereocenters. The minimum atomic E-state index is -4.99. The van der Waals surface area contributed by atoms with Gasteiger partial charge >= 0.3 is 6.18 Å². The first-order chi connectivity index (χ1) is 12.8. The highest BCUT2D eigenvalue weighted by Crippen LogP contribution is 2.38. The molecule has 3 aromatic rings. The molecule has 0 saturated carbocycles. The number of ether oxygens (including phenoxy) is 1. The molecule has 0 aliphatic carbocycles. The van der Waals surface area contributed by atoms with E-state index in [0.29, 0.717) is 16.7 Å². The number of alkyl halides is 3. The number of rotatable bonds is 5. The Hall–Kier alpha value is -3.00. The van der Waals surface area contributed by atoms with Crippen molar-refractivity contribution in [2.75, 3.05) is 13.7 Å². The van der Waals surface area contributed by atoms with Crippen molar-refractivity contribution < 1.29 is 32.2 Å². The van der Waals surface area contributed by atoms with Crippen LogP contribution in [0, 0.1) is 0 Å². The van der Waals surface area contributed by atoms with Crippen LogP contribution in [-0.4, -0.2) is 30.8 Å². The molecule has 0 saturated heterocycles. The molecule has 0 bridgehead atoms. The molecule has 1 heterocycles. The second kappa shape index (κ2) is 6.96. The van der Waals surface area contributed by atoms with Crippen molar-refractivity contribution in [1.82, 2.24) is 5.32 Å². The van der Waals surface area contributed by atoms with Gasteiger partial charge < -0.3 is 19.6 Å². The predicted molar refractivity (Wildman–Crippen MR) is 91.5 cm³/mol. The SMILES string of the molecule is COc1cccc2cc(C(=O)NCC(O)(c3ccccc3)C(F)(F)F)oc12. The van der Waals surface area contributed by atoms with Crippen LogP contribution >= 0.6 is 0 Å². The van der Waals surface area contributed by atoms with E-state index in [-0.39, 0.29) is 11.3 Å². The molecular formula is C19H16F3NO4. The van der Waals surface area contributed by atoms with Crippen molar-refractivity contribution in [2.45, 2.75) is 11.8 Å². The van der Waals surface area contributed by atoms with E-state index in [1.165, 1.54) is 31.4 Å². The summed E-state index contributed by atoms with van der Waals surface area (Å²) in [6.45, 7) is -1.06. The Bertz CT molecular complexity index is 952. The number of furan rings is 1. The molecule has 27 heavy (non-hydrogen) atoms. The summed E-state index contributed by atoms with van der Waals surface area (Å²) in [4.78, 5) is 12.3. The summed E-state index contributed by atoms with van der Waals surface area (Å²) in [6, 6.07) is 13.0. The summed E-state index contributed by atoms with van der Waals surface area (Å²) in [7, 11) is 1.43. The Morgan fingerprint density at radius 3 is 2.48 bits per heavy atom. The monoisotopic (exact) mass is 379 g/mol. The van der Waals surface area contributed by atoms with Crippen LogP contribution in [0.3, 0.4) is 0 Å². The van der Waals surface area contributed by atoms with Crippen LogP contribution in [0.25, 0.3) is 11.0 Å². The van der Waals surface area contributed by atoms with E-state index < -0.39 is 24.2 Å². The summed E-state index contributed by atoms with van der Waals surface area (Å²) < 4.78 is 50.9. The van der Waals surface area contributed by atoms with E-state index in [4.69, 9.17) is 9.15 Å². The lowest BCUT2D eigenvalue weighted by atomic mass is 9.93. The van der Waals surface area contributed by atoms with Gasteiger partial charge in [0, 0.05) is 5.39 Å². The van der Waals surface area contributed by atoms with Crippen molar-refractivity contribution in [3.05, 3.63) is 65.9 Å². The molecule has 0 aliphatic rings. The third-order valence-corrected chi connectivity index (χ3v) is 4.18. The molecular weight excluding hydrogens is 363 g/mol. The Kier molecular flexibility index (Phi) is 4.84. The van der Waals surface area contributed by atoms with Gasteiger partial charge in [0.1, 0.15) is 0 Å². The molecule has 0 fully saturated rings. The summed E-state index contributed by atoms with van der Waals surface area (Å²) in [5, 5.41) is 12.9. The van der Waals surface area contributed by atoms with Crippen LogP contribution < -0.4 is 10.1 Å². The number of nitrogens with one attached hydrogen (secondary N) is 1. The Morgan fingerprint density at radius 2 is 1.85 bits per heavy atom. The lowest BCUT2D eigenvalue weighted by molar-refractivity contribution is -0.263. The first-order valence-electron chi connectivity index (χ1n) is 7.95. The predicted octanol–water partition coefficient (Wildman–Crippen LogP) is 3.62. The Balaban J connectivity index is 1.85. The number of hydrogen-bond donors (Lipinski definition) is 2. The summed E-state index contributed by atoms with van der Waals surface area (Å²) in [6.07, 6.45) is -4.99. The van der Waals surface area contributed by atoms with Gasteiger partial charge in [-0.2, -0.15) is 13.2 Å². The quantitative estimate of drug-likeness (QED) is 0.710. The highest BCUT2D eigenvalue weighted by Gasteiger charge is 2.55. The number of carbonyl (C=O) groups excluding carboxylic acids is 1. The first kappa shape index (κ1) is 18.8. The van der Waals surface area contributed by atoms with Crippen LogP contribution in [-0.2, 0) is 5.60 Å². The van der Waals surface area contributed by atoms with Crippen molar-refractivity contribution >= 4 is 16.9 Å². The van der Waals surface area contributed by atoms with Gasteiger partial charge in [-0.3, -0.25) is 4.79 Å². The third kappa shape index (κ3) is 3.48. The Morgan fingerprint density at radius 1 is 1.15 bits per heavy atom. The zero-order chi connectivity index (χ0) is 19.7. The molecule has 3 rings (SSSR count). The second-order valence-electron chi connectivity index (χ2n) is 5.90. The summed E-state index contributed by atoms with van der Waals surface area (Å²) in [5.41, 5.74) is -3.29. The van der Waals surface area contributed by atoms with E-state index in [2.05, 4.69) is 5.32 Å². The van der Waals surface area contributed by atoms with Gasteiger partial charge in [-0.25, -0.2) is 0 Å². The van der Waals surface area contributed by atoms with Gasteiger partial charge in [-0.15, -0.1) is 0 Å². The van der Waals surface area contributed by atoms with E-state index in [0.717, 1.165) is 12.1 Å². The van der Waals surface area contributed by atoms with Crippen molar-refractivity contribution in [1.29, 1.82) is 0 Å². The topological polar surface area (TPSA) is 71.7 Å². The molecule has 2 aromatic carbocycles. The van der Waals surface area contributed by atoms with Gasteiger partial charge in [0.15, 0.2) is 17.1 Å². The highest BCUT2D eigenvalue weighted by atomic mass is 19.4. The zero-order valence-electron chi connectivity index (χ0n) is 14.2. The van der Waals surface area contributed by atoms with Crippen molar-refractivity contribution in [3.63, 3.8) is 0 Å². The minimum absolute atomic E-state index is 0.188. The maximum atomic E-state index is 13.5. The fourth-order valence-electron chi connectivity index (χ4n) is 2.68. The van der Waals surface area contributed by atoms with Crippen LogP contribution in [0.4, 0.5) is 13.2 Å². The molecule has 2 N–H and O–H groups in total. The van der Waals surface area contributed by atoms with Gasteiger partial charge in [0.25, 0.3) is 5.91 Å². The molecule has 0 aliphatic heterocycles. The van der Waals surface area contributed by atoms with Crippen LogP contribution in [0.1, 0.15) is 16.1 Å². The standard InChI is InChI=1S/C19H16F3NO4/c1-26-14-9-5-6-12-10-15(27-16(12)14)17(24)23-11-18(25,19(20,21)22)13-7-3-2-4-8-13/h2-10,25H,11H2,1H3,(H,23,24). The van der Waals surface area contributed by atoms with Crippen LogP contribution in [0.5, 0.6) is 5.75 Å². The van der Waals surface area contributed by atoms with E-state index in [1.54, 1.807) is 18.2 Å². The largest absolute Gasteiger partial charge is 0.493 e. The normalized spacial score (nSPS) is 14.0. The minimum Gasteiger partial charge on any atom is -0.493 e. The highest BCUT2D eigenvalue weighted by molar-refractivity contribution is 5.97. The molecule has 1 aromatic heterocycles. The van der Waals surface area contributed by atoms with Crippen molar-refractivity contribution in [2.24, 2.45) is 0 Å². The van der Waals surface area contributed by atoms with E-state index in [1.807, 2.05) is 0 Å². The summed E-state index contributed by atoms with van der Waals surface area (Å²) in [5.74, 6) is -0.679. The zero-order valence-corrected chi connectivity index (χ0v) is 14.2. The van der Waals surface area contributed by atoms with Crippen molar-refractivity contribution in [3.8, 4) is 5.75 Å². The third-order valence-electron chi connectivity index (χ3n) is 4.18. The number of para-hydroxylation sites is 1. The number of benzene rings is 2. The molecule has 1 amide bonds. The van der Waals surface area contributed by atoms with Gasteiger partial charge in [-0.05, 0) is 17.7 Å². The van der Waals surface area contributed by atoms with Crippen LogP contribution in [0.2, 0.25) is 0 Å². The molecule has 1 unspecified atom stereocenters. The molecule has 0 radical (unpaired) electrons.